The van der Waals surface area contributed by atoms with E-state index < -0.39 is 0 Å². The first kappa shape index (κ1) is 7.00. The molecule has 0 saturated carbocycles. The van der Waals surface area contributed by atoms with Gasteiger partial charge in [0.25, 0.3) is 0 Å². The maximum absolute atomic E-state index is 2.26. The second-order valence-corrected chi connectivity index (χ2v) is 2.07. The van der Waals surface area contributed by atoms with Crippen LogP contribution in [0.5, 0.6) is 0 Å². The molecule has 0 fully saturated rings. The molecule has 0 aromatic heterocycles. The van der Waals surface area contributed by atoms with Gasteiger partial charge in [-0.15, -0.1) is 0 Å². The van der Waals surface area contributed by atoms with Crippen LogP contribution in [0.25, 0.3) is 0 Å². The predicted molar refractivity (Wildman–Crippen MR) is 33.8 cm³/mol. The molecular weight excluding hydrogens is 84.1 g/mol. The molecule has 0 saturated heterocycles. The third kappa shape index (κ3) is 6.00. The molecule has 7 heavy (non-hydrogen) atoms. The minimum Gasteiger partial charge on any atom is -0.0654 e. The molecule has 0 aliphatic rings. The van der Waals surface area contributed by atoms with E-state index in [4.69, 9.17) is 0 Å². The Hall–Kier alpha value is 0. The zero-order valence-corrected chi connectivity index (χ0v) is 5.49. The van der Waals surface area contributed by atoms with Crippen molar-refractivity contribution < 1.29 is 0 Å². The molecule has 0 aromatic carbocycles. The average molecular weight is 98.2 g/mol. The van der Waals surface area contributed by atoms with Crippen LogP contribution in [0.4, 0.5) is 0 Å². The lowest BCUT2D eigenvalue weighted by Crippen LogP contribution is -1.82. The highest BCUT2D eigenvalue weighted by atomic mass is 13.9. The van der Waals surface area contributed by atoms with Crippen LogP contribution in [-0.2, 0) is 0 Å². The largest absolute Gasteiger partial charge is 0.0654 e. The monoisotopic (exact) mass is 98.1 g/mol. The van der Waals surface area contributed by atoms with Crippen LogP contribution in [0.1, 0.15) is 33.6 Å². The zero-order chi connectivity index (χ0) is 5.70. The topological polar surface area (TPSA) is 0 Å². The van der Waals surface area contributed by atoms with Crippen molar-refractivity contribution in [2.24, 2.45) is 0 Å². The van der Waals surface area contributed by atoms with Gasteiger partial charge in [0.1, 0.15) is 0 Å². The standard InChI is InChI=1S/C7H14/c1-4-5-6-7(2)3/h6H,4-5H2,1-3H3. The molecule has 0 atom stereocenters. The molecular formula is C7H14. The van der Waals surface area contributed by atoms with Crippen molar-refractivity contribution in [1.29, 1.82) is 0 Å². The SMILES string of the molecule is CCC[CH][C](C)C. The molecule has 42 valence electrons. The van der Waals surface area contributed by atoms with E-state index in [-0.39, 0.29) is 0 Å². The van der Waals surface area contributed by atoms with Crippen LogP contribution in [0.3, 0.4) is 0 Å². The number of hydrogen-bond acceptors (Lipinski definition) is 0. The summed E-state index contributed by atoms with van der Waals surface area (Å²) in [5.74, 6) is 1.43. The summed E-state index contributed by atoms with van der Waals surface area (Å²) in [6, 6.07) is 0. The Bertz CT molecular complexity index is 29.0. The van der Waals surface area contributed by atoms with Gasteiger partial charge in [0.05, 0.1) is 0 Å². The molecule has 0 heterocycles. The van der Waals surface area contributed by atoms with Crippen LogP contribution < -0.4 is 0 Å². The Labute approximate surface area is 46.9 Å². The van der Waals surface area contributed by atoms with Crippen molar-refractivity contribution >= 4 is 0 Å². The van der Waals surface area contributed by atoms with Crippen molar-refractivity contribution in [1.82, 2.24) is 0 Å². The lowest BCUT2D eigenvalue weighted by atomic mass is 10.1. The molecule has 0 aliphatic heterocycles. The van der Waals surface area contributed by atoms with E-state index in [1.165, 1.54) is 18.8 Å². The maximum Gasteiger partial charge on any atom is -0.0269 e. The molecule has 0 unspecified atom stereocenters. The van der Waals surface area contributed by atoms with Gasteiger partial charge in [-0.1, -0.05) is 27.2 Å². The van der Waals surface area contributed by atoms with Crippen molar-refractivity contribution in [3.05, 3.63) is 12.3 Å². The molecule has 0 spiro atoms. The molecule has 0 heteroatoms. The summed E-state index contributed by atoms with van der Waals surface area (Å²) in [7, 11) is 0. The Morgan fingerprint density at radius 1 is 1.43 bits per heavy atom. The molecule has 0 rings (SSSR count). The zero-order valence-electron chi connectivity index (χ0n) is 5.49. The summed E-state index contributed by atoms with van der Waals surface area (Å²) in [6.07, 6.45) is 4.77. The molecule has 0 N–H and O–H groups in total. The fourth-order valence-electron chi connectivity index (χ4n) is 0.433. The number of hydrogen-bond donors (Lipinski definition) is 0. The third-order valence-corrected chi connectivity index (χ3v) is 0.841. The molecule has 2 radical (unpaired) electrons. The minimum absolute atomic E-state index is 1.24. The van der Waals surface area contributed by atoms with E-state index in [1.807, 2.05) is 0 Å². The van der Waals surface area contributed by atoms with Crippen LogP contribution in [-0.4, -0.2) is 0 Å². The molecule has 0 aliphatic carbocycles. The van der Waals surface area contributed by atoms with Crippen LogP contribution >= 0.6 is 0 Å². The van der Waals surface area contributed by atoms with E-state index in [2.05, 4.69) is 27.2 Å². The van der Waals surface area contributed by atoms with Gasteiger partial charge in [-0.3, -0.25) is 0 Å². The normalized spacial score (nSPS) is 10.3. The highest BCUT2D eigenvalue weighted by molar-refractivity contribution is 4.93. The summed E-state index contributed by atoms with van der Waals surface area (Å²) in [5.41, 5.74) is 0. The van der Waals surface area contributed by atoms with Gasteiger partial charge in [-0.05, 0) is 18.8 Å². The van der Waals surface area contributed by atoms with Crippen molar-refractivity contribution in [2.75, 3.05) is 0 Å². The highest BCUT2D eigenvalue weighted by Crippen LogP contribution is 2.04. The fraction of sp³-hybridized carbons (Fsp3) is 0.714. The van der Waals surface area contributed by atoms with E-state index in [0.717, 1.165) is 0 Å². The van der Waals surface area contributed by atoms with Gasteiger partial charge in [-0.25, -0.2) is 0 Å². The van der Waals surface area contributed by atoms with Gasteiger partial charge in [0.2, 0.25) is 0 Å². The minimum atomic E-state index is 1.24. The van der Waals surface area contributed by atoms with Gasteiger partial charge in [0.15, 0.2) is 0 Å². The first-order chi connectivity index (χ1) is 3.27. The summed E-state index contributed by atoms with van der Waals surface area (Å²) >= 11 is 0. The van der Waals surface area contributed by atoms with E-state index in [9.17, 15) is 0 Å². The van der Waals surface area contributed by atoms with Gasteiger partial charge < -0.3 is 0 Å². The molecule has 0 nitrogen and oxygen atoms in total. The van der Waals surface area contributed by atoms with Crippen LogP contribution in [0.15, 0.2) is 0 Å². The van der Waals surface area contributed by atoms with E-state index in [0.29, 0.717) is 0 Å². The van der Waals surface area contributed by atoms with Crippen molar-refractivity contribution in [3.63, 3.8) is 0 Å². The molecule has 0 aromatic rings. The average Bonchev–Trinajstić information content (AvgIpc) is 1.61. The van der Waals surface area contributed by atoms with Gasteiger partial charge in [-0.2, -0.15) is 0 Å². The van der Waals surface area contributed by atoms with Crippen LogP contribution in [0.2, 0.25) is 0 Å². The Balaban J connectivity index is 2.68. The second kappa shape index (κ2) is 4.17. The van der Waals surface area contributed by atoms with Gasteiger partial charge >= 0.3 is 0 Å². The van der Waals surface area contributed by atoms with E-state index >= 15 is 0 Å². The first-order valence-electron chi connectivity index (χ1n) is 2.90. The smallest absolute Gasteiger partial charge is 0.0269 e. The second-order valence-electron chi connectivity index (χ2n) is 2.07. The quantitative estimate of drug-likeness (QED) is 0.509. The Morgan fingerprint density at radius 3 is 2.14 bits per heavy atom. The molecule has 0 amide bonds. The maximum atomic E-state index is 2.26. The molecule has 0 bridgehead atoms. The third-order valence-electron chi connectivity index (χ3n) is 0.841. The lowest BCUT2D eigenvalue weighted by Gasteiger charge is -1.97. The summed E-state index contributed by atoms with van der Waals surface area (Å²) in [4.78, 5) is 0. The van der Waals surface area contributed by atoms with E-state index in [1.54, 1.807) is 0 Å². The summed E-state index contributed by atoms with van der Waals surface area (Å²) in [6.45, 7) is 6.46. The summed E-state index contributed by atoms with van der Waals surface area (Å²) < 4.78 is 0. The lowest BCUT2D eigenvalue weighted by molar-refractivity contribution is 0.867. The fourth-order valence-corrected chi connectivity index (χ4v) is 0.433. The first-order valence-corrected chi connectivity index (χ1v) is 2.90. The number of rotatable bonds is 3. The van der Waals surface area contributed by atoms with Crippen molar-refractivity contribution in [2.45, 2.75) is 33.6 Å². The summed E-state index contributed by atoms with van der Waals surface area (Å²) in [5, 5.41) is 0. The van der Waals surface area contributed by atoms with Crippen LogP contribution in [0, 0.1) is 12.3 Å². The number of unbranched alkanes of at least 4 members (excludes halogenated alkanes) is 1. The Kier molecular flexibility index (Phi) is 4.17. The highest BCUT2D eigenvalue weighted by Gasteiger charge is 1.89. The predicted octanol–water partition coefficient (Wildman–Crippen LogP) is 2.61. The Morgan fingerprint density at radius 2 is 2.00 bits per heavy atom. The van der Waals surface area contributed by atoms with Crippen molar-refractivity contribution in [3.8, 4) is 0 Å². The van der Waals surface area contributed by atoms with Gasteiger partial charge in [0, 0.05) is 0 Å².